The zero-order chi connectivity index (χ0) is 17.6. The number of piperazine rings is 1. The lowest BCUT2D eigenvalue weighted by molar-refractivity contribution is -0.118. The maximum atomic E-state index is 10.9. The fourth-order valence-electron chi connectivity index (χ4n) is 2.97. The molecule has 0 bridgehead atoms. The lowest BCUT2D eigenvalue weighted by atomic mass is 10.2. The maximum Gasteiger partial charge on any atom is 0.227 e. The summed E-state index contributed by atoms with van der Waals surface area (Å²) in [5.74, 6) is 1.67. The van der Waals surface area contributed by atoms with Crippen LogP contribution in [0.4, 0.5) is 11.8 Å². The van der Waals surface area contributed by atoms with Crippen molar-refractivity contribution in [1.82, 2.24) is 14.9 Å². The van der Waals surface area contributed by atoms with Gasteiger partial charge in [0, 0.05) is 45.0 Å². The van der Waals surface area contributed by atoms with Crippen molar-refractivity contribution in [2.45, 2.75) is 26.4 Å². The van der Waals surface area contributed by atoms with Crippen LogP contribution >= 0.6 is 0 Å². The molecule has 1 aliphatic heterocycles. The van der Waals surface area contributed by atoms with E-state index in [-0.39, 0.29) is 0 Å². The molecule has 132 valence electrons. The summed E-state index contributed by atoms with van der Waals surface area (Å²) in [5, 5.41) is 0. The summed E-state index contributed by atoms with van der Waals surface area (Å²) in [6, 6.07) is 12.6. The molecule has 2 heterocycles. The fourth-order valence-corrected chi connectivity index (χ4v) is 2.97. The molecule has 1 fully saturated rings. The van der Waals surface area contributed by atoms with Crippen LogP contribution < -0.4 is 9.80 Å². The minimum atomic E-state index is 0.294. The van der Waals surface area contributed by atoms with Crippen molar-refractivity contribution in [3.63, 3.8) is 0 Å². The predicted molar refractivity (Wildman–Crippen MR) is 99.6 cm³/mol. The molecule has 0 spiro atoms. The second-order valence-corrected chi connectivity index (χ2v) is 6.55. The smallest absolute Gasteiger partial charge is 0.227 e. The summed E-state index contributed by atoms with van der Waals surface area (Å²) in [7, 11) is 0. The highest BCUT2D eigenvalue weighted by molar-refractivity contribution is 5.50. The largest absolute Gasteiger partial charge is 0.353 e. The molecule has 6 nitrogen and oxygen atoms in total. The van der Waals surface area contributed by atoms with Crippen LogP contribution in [-0.2, 0) is 11.3 Å². The Balaban J connectivity index is 1.77. The van der Waals surface area contributed by atoms with Crippen molar-refractivity contribution < 1.29 is 4.79 Å². The Morgan fingerprint density at radius 3 is 2.48 bits per heavy atom. The molecule has 25 heavy (non-hydrogen) atoms. The van der Waals surface area contributed by atoms with E-state index in [2.05, 4.69) is 52.9 Å². The number of aromatic nitrogens is 2. The highest BCUT2D eigenvalue weighted by atomic mass is 16.1. The SMILES string of the molecule is CC(C)N(Cc1ccccc1)c1nccc(N2CCN(C=O)CC2)n1. The van der Waals surface area contributed by atoms with Gasteiger partial charge >= 0.3 is 0 Å². The molecule has 0 aliphatic carbocycles. The lowest BCUT2D eigenvalue weighted by Crippen LogP contribution is -2.46. The van der Waals surface area contributed by atoms with Gasteiger partial charge in [0.15, 0.2) is 0 Å². The Hall–Kier alpha value is -2.63. The molecule has 0 unspecified atom stereocenters. The fraction of sp³-hybridized carbons (Fsp3) is 0.421. The van der Waals surface area contributed by atoms with Crippen LogP contribution in [-0.4, -0.2) is 53.5 Å². The van der Waals surface area contributed by atoms with Gasteiger partial charge in [0.25, 0.3) is 0 Å². The van der Waals surface area contributed by atoms with Gasteiger partial charge in [-0.3, -0.25) is 4.79 Å². The molecule has 6 heteroatoms. The number of amides is 1. The second-order valence-electron chi connectivity index (χ2n) is 6.55. The van der Waals surface area contributed by atoms with Gasteiger partial charge in [0.05, 0.1) is 0 Å². The molecule has 0 saturated carbocycles. The molecule has 1 saturated heterocycles. The highest BCUT2D eigenvalue weighted by Gasteiger charge is 2.19. The number of rotatable bonds is 6. The minimum Gasteiger partial charge on any atom is -0.353 e. The number of carbonyl (C=O) groups is 1. The molecule has 0 radical (unpaired) electrons. The third-order valence-corrected chi connectivity index (χ3v) is 4.49. The van der Waals surface area contributed by atoms with Crippen LogP contribution in [0, 0.1) is 0 Å². The monoisotopic (exact) mass is 339 g/mol. The van der Waals surface area contributed by atoms with Gasteiger partial charge in [0.2, 0.25) is 12.4 Å². The van der Waals surface area contributed by atoms with E-state index in [1.807, 2.05) is 18.3 Å². The topological polar surface area (TPSA) is 52.6 Å². The Kier molecular flexibility index (Phi) is 5.48. The molecule has 2 aromatic rings. The van der Waals surface area contributed by atoms with Crippen LogP contribution in [0.25, 0.3) is 0 Å². The standard InChI is InChI=1S/C19H25N5O/c1-16(2)24(14-17-6-4-3-5-7-17)19-20-9-8-18(21-19)23-12-10-22(15-25)11-13-23/h3-9,15-16H,10-14H2,1-2H3. The quantitative estimate of drug-likeness (QED) is 0.755. The Bertz CT molecular complexity index is 683. The first-order valence-corrected chi connectivity index (χ1v) is 8.75. The van der Waals surface area contributed by atoms with E-state index in [1.54, 1.807) is 4.90 Å². The summed E-state index contributed by atoms with van der Waals surface area (Å²) >= 11 is 0. The summed E-state index contributed by atoms with van der Waals surface area (Å²) in [6.45, 7) is 8.16. The van der Waals surface area contributed by atoms with E-state index >= 15 is 0 Å². The van der Waals surface area contributed by atoms with Crippen LogP contribution in [0.15, 0.2) is 42.6 Å². The molecular weight excluding hydrogens is 314 g/mol. The van der Waals surface area contributed by atoms with Crippen LogP contribution in [0.2, 0.25) is 0 Å². The summed E-state index contributed by atoms with van der Waals surface area (Å²) in [4.78, 5) is 26.4. The molecule has 1 aromatic heterocycles. The number of hydrogen-bond acceptors (Lipinski definition) is 5. The minimum absolute atomic E-state index is 0.294. The number of carbonyl (C=O) groups excluding carboxylic acids is 1. The number of anilines is 2. The van der Waals surface area contributed by atoms with Crippen LogP contribution in [0.1, 0.15) is 19.4 Å². The zero-order valence-electron chi connectivity index (χ0n) is 14.9. The van der Waals surface area contributed by atoms with Crippen molar-refractivity contribution in [2.75, 3.05) is 36.0 Å². The Morgan fingerprint density at radius 2 is 1.84 bits per heavy atom. The van der Waals surface area contributed by atoms with Crippen molar-refractivity contribution in [3.8, 4) is 0 Å². The van der Waals surface area contributed by atoms with Crippen molar-refractivity contribution in [2.24, 2.45) is 0 Å². The van der Waals surface area contributed by atoms with E-state index in [1.165, 1.54) is 5.56 Å². The molecule has 1 aliphatic rings. The highest BCUT2D eigenvalue weighted by Crippen LogP contribution is 2.20. The van der Waals surface area contributed by atoms with Gasteiger partial charge in [-0.1, -0.05) is 30.3 Å². The van der Waals surface area contributed by atoms with Crippen molar-refractivity contribution in [1.29, 1.82) is 0 Å². The molecule has 3 rings (SSSR count). The van der Waals surface area contributed by atoms with Gasteiger partial charge in [-0.25, -0.2) is 4.98 Å². The first-order chi connectivity index (χ1) is 12.2. The van der Waals surface area contributed by atoms with Gasteiger partial charge in [-0.15, -0.1) is 0 Å². The Labute approximate surface area is 149 Å². The van der Waals surface area contributed by atoms with E-state index < -0.39 is 0 Å². The molecule has 0 atom stereocenters. The van der Waals surface area contributed by atoms with Crippen molar-refractivity contribution >= 4 is 18.2 Å². The van der Waals surface area contributed by atoms with E-state index in [0.29, 0.717) is 6.04 Å². The lowest BCUT2D eigenvalue weighted by Gasteiger charge is -2.34. The average Bonchev–Trinajstić information content (AvgIpc) is 2.67. The molecule has 1 amide bonds. The first kappa shape index (κ1) is 17.2. The van der Waals surface area contributed by atoms with Gasteiger partial charge in [-0.05, 0) is 25.5 Å². The van der Waals surface area contributed by atoms with Crippen LogP contribution in [0.3, 0.4) is 0 Å². The third-order valence-electron chi connectivity index (χ3n) is 4.49. The second kappa shape index (κ2) is 7.96. The normalized spacial score (nSPS) is 14.7. The molecular formula is C19H25N5O. The predicted octanol–water partition coefficient (Wildman–Crippen LogP) is 2.17. The molecule has 0 N–H and O–H groups in total. The maximum absolute atomic E-state index is 10.9. The van der Waals surface area contributed by atoms with Gasteiger partial charge in [0.1, 0.15) is 5.82 Å². The van der Waals surface area contributed by atoms with E-state index in [9.17, 15) is 4.79 Å². The summed E-state index contributed by atoms with van der Waals surface area (Å²) in [6.07, 6.45) is 2.74. The number of hydrogen-bond donors (Lipinski definition) is 0. The third kappa shape index (κ3) is 4.26. The Morgan fingerprint density at radius 1 is 1.12 bits per heavy atom. The van der Waals surface area contributed by atoms with Crippen molar-refractivity contribution in [3.05, 3.63) is 48.2 Å². The molecule has 1 aromatic carbocycles. The van der Waals surface area contributed by atoms with Crippen LogP contribution in [0.5, 0.6) is 0 Å². The van der Waals surface area contributed by atoms with Gasteiger partial charge in [-0.2, -0.15) is 4.98 Å². The number of benzene rings is 1. The average molecular weight is 339 g/mol. The summed E-state index contributed by atoms with van der Waals surface area (Å²) in [5.41, 5.74) is 1.24. The zero-order valence-corrected chi connectivity index (χ0v) is 14.9. The van der Waals surface area contributed by atoms with E-state index in [0.717, 1.165) is 50.9 Å². The number of nitrogens with zero attached hydrogens (tertiary/aromatic N) is 5. The summed E-state index contributed by atoms with van der Waals surface area (Å²) < 4.78 is 0. The van der Waals surface area contributed by atoms with Gasteiger partial charge < -0.3 is 14.7 Å². The first-order valence-electron chi connectivity index (χ1n) is 8.75. The van der Waals surface area contributed by atoms with E-state index in [4.69, 9.17) is 4.98 Å².